The Labute approximate surface area is 122 Å². The Hall–Kier alpha value is -1.66. The fourth-order valence-corrected chi connectivity index (χ4v) is 3.02. The molecule has 0 fully saturated rings. The predicted octanol–water partition coefficient (Wildman–Crippen LogP) is 2.01. The Morgan fingerprint density at radius 2 is 1.90 bits per heavy atom. The average molecular weight is 309 g/mol. The first-order valence-corrected chi connectivity index (χ1v) is 8.80. The molecule has 0 spiro atoms. The van der Waals surface area contributed by atoms with Gasteiger partial charge in [0.25, 0.3) is 0 Å². The highest BCUT2D eigenvalue weighted by molar-refractivity contribution is 7.90. The molecule has 0 aliphatic carbocycles. The quantitative estimate of drug-likeness (QED) is 0.919. The summed E-state index contributed by atoms with van der Waals surface area (Å²) in [6, 6.07) is 10.4. The van der Waals surface area contributed by atoms with Crippen LogP contribution in [0.3, 0.4) is 0 Å². The van der Waals surface area contributed by atoms with E-state index in [1.54, 1.807) is 35.6 Å². The molecule has 1 aromatic carbocycles. The number of rotatable bonds is 5. The number of sulfone groups is 1. The van der Waals surface area contributed by atoms with Crippen LogP contribution in [0.1, 0.15) is 10.4 Å². The van der Waals surface area contributed by atoms with E-state index in [9.17, 15) is 13.2 Å². The second-order valence-corrected chi connectivity index (χ2v) is 7.50. The highest BCUT2D eigenvalue weighted by atomic mass is 32.2. The fourth-order valence-electron chi connectivity index (χ4n) is 1.69. The zero-order valence-electron chi connectivity index (χ0n) is 11.0. The minimum atomic E-state index is -3.17. The number of hydrogen-bond acceptors (Lipinski definition) is 4. The molecular weight excluding hydrogens is 294 g/mol. The van der Waals surface area contributed by atoms with Crippen LogP contribution in [0.25, 0.3) is 0 Å². The van der Waals surface area contributed by atoms with Crippen molar-refractivity contribution in [2.75, 3.05) is 6.26 Å². The van der Waals surface area contributed by atoms with Gasteiger partial charge in [0.05, 0.1) is 11.3 Å². The molecule has 20 heavy (non-hydrogen) atoms. The number of carbonyl (C=O) groups excluding carboxylic acids is 1. The summed E-state index contributed by atoms with van der Waals surface area (Å²) in [5, 5.41) is 4.75. The number of thiophene rings is 1. The van der Waals surface area contributed by atoms with Crippen LogP contribution in [0.4, 0.5) is 0 Å². The zero-order chi connectivity index (χ0) is 14.6. The molecule has 2 rings (SSSR count). The molecule has 0 saturated carbocycles. The third kappa shape index (κ3) is 4.18. The van der Waals surface area contributed by atoms with Gasteiger partial charge < -0.3 is 5.32 Å². The third-order valence-corrected chi connectivity index (χ3v) is 4.76. The first kappa shape index (κ1) is 14.7. The maximum absolute atomic E-state index is 11.7. The molecule has 0 radical (unpaired) electrons. The van der Waals surface area contributed by atoms with Gasteiger partial charge in [0.1, 0.15) is 0 Å². The van der Waals surface area contributed by atoms with Gasteiger partial charge in [0, 0.05) is 17.7 Å². The van der Waals surface area contributed by atoms with Gasteiger partial charge in [-0.1, -0.05) is 18.2 Å². The van der Waals surface area contributed by atoms with Crippen LogP contribution in [0.15, 0.2) is 46.7 Å². The van der Waals surface area contributed by atoms with Crippen molar-refractivity contribution in [3.05, 3.63) is 52.2 Å². The summed E-state index contributed by atoms with van der Waals surface area (Å²) in [7, 11) is -3.17. The summed E-state index contributed by atoms with van der Waals surface area (Å²) in [4.78, 5) is 13.0. The summed E-state index contributed by atoms with van der Waals surface area (Å²) in [5.74, 6) is -0.0420. The molecule has 1 heterocycles. The van der Waals surface area contributed by atoms with Crippen molar-refractivity contribution in [3.8, 4) is 0 Å². The Kier molecular flexibility index (Phi) is 4.57. The van der Waals surface area contributed by atoms with Crippen molar-refractivity contribution in [1.29, 1.82) is 0 Å². The van der Waals surface area contributed by atoms with Gasteiger partial charge in [-0.15, -0.1) is 11.3 Å². The van der Waals surface area contributed by atoms with Crippen LogP contribution in [0.2, 0.25) is 0 Å². The number of hydrogen-bond donors (Lipinski definition) is 1. The molecular formula is C14H15NO3S2. The van der Waals surface area contributed by atoms with Gasteiger partial charge in [0.2, 0.25) is 5.91 Å². The number of carbonyl (C=O) groups is 1. The van der Waals surface area contributed by atoms with E-state index in [0.717, 1.165) is 10.4 Å². The van der Waals surface area contributed by atoms with Gasteiger partial charge in [-0.3, -0.25) is 4.79 Å². The van der Waals surface area contributed by atoms with Crippen LogP contribution < -0.4 is 5.32 Å². The number of benzene rings is 1. The van der Waals surface area contributed by atoms with E-state index in [4.69, 9.17) is 0 Å². The maximum atomic E-state index is 11.7. The third-order valence-electron chi connectivity index (χ3n) is 2.76. The predicted molar refractivity (Wildman–Crippen MR) is 79.4 cm³/mol. The van der Waals surface area contributed by atoms with Gasteiger partial charge in [-0.25, -0.2) is 8.42 Å². The molecule has 0 aliphatic heterocycles. The Morgan fingerprint density at radius 3 is 2.45 bits per heavy atom. The second kappa shape index (κ2) is 6.19. The van der Waals surface area contributed by atoms with Crippen LogP contribution >= 0.6 is 11.3 Å². The van der Waals surface area contributed by atoms with Crippen molar-refractivity contribution < 1.29 is 13.2 Å². The first-order valence-electron chi connectivity index (χ1n) is 6.03. The molecule has 0 bridgehead atoms. The van der Waals surface area contributed by atoms with Crippen LogP contribution in [0.5, 0.6) is 0 Å². The standard InChI is InChI=1S/C14H15NO3S2/c1-20(17,18)13-6-4-11(5-7-13)10-15-14(16)9-12-3-2-8-19-12/h2-8H,9-10H2,1H3,(H,15,16). The molecule has 2 aromatic rings. The topological polar surface area (TPSA) is 63.2 Å². The fraction of sp³-hybridized carbons (Fsp3) is 0.214. The van der Waals surface area contributed by atoms with E-state index in [2.05, 4.69) is 5.32 Å². The van der Waals surface area contributed by atoms with Crippen molar-refractivity contribution >= 4 is 27.1 Å². The SMILES string of the molecule is CS(=O)(=O)c1ccc(CNC(=O)Cc2cccs2)cc1. The molecule has 1 aromatic heterocycles. The van der Waals surface area contributed by atoms with Crippen molar-refractivity contribution in [1.82, 2.24) is 5.32 Å². The molecule has 106 valence electrons. The summed E-state index contributed by atoms with van der Waals surface area (Å²) >= 11 is 1.55. The normalized spacial score (nSPS) is 11.2. The van der Waals surface area contributed by atoms with E-state index >= 15 is 0 Å². The summed E-state index contributed by atoms with van der Waals surface area (Å²) in [6.45, 7) is 0.397. The van der Waals surface area contributed by atoms with E-state index < -0.39 is 9.84 Å². The molecule has 0 aliphatic rings. The van der Waals surface area contributed by atoms with E-state index in [-0.39, 0.29) is 10.8 Å². The van der Waals surface area contributed by atoms with Crippen molar-refractivity contribution in [3.63, 3.8) is 0 Å². The van der Waals surface area contributed by atoms with E-state index in [1.807, 2.05) is 17.5 Å². The highest BCUT2D eigenvalue weighted by Crippen LogP contribution is 2.11. The lowest BCUT2D eigenvalue weighted by Gasteiger charge is -2.05. The van der Waals surface area contributed by atoms with Crippen molar-refractivity contribution in [2.24, 2.45) is 0 Å². The molecule has 0 saturated heterocycles. The average Bonchev–Trinajstić information content (AvgIpc) is 2.88. The Bertz CT molecular complexity index is 674. The summed E-state index contributed by atoms with van der Waals surface area (Å²) in [5.41, 5.74) is 0.872. The van der Waals surface area contributed by atoms with Crippen molar-refractivity contribution in [2.45, 2.75) is 17.9 Å². The smallest absolute Gasteiger partial charge is 0.225 e. The molecule has 1 amide bonds. The maximum Gasteiger partial charge on any atom is 0.225 e. The highest BCUT2D eigenvalue weighted by Gasteiger charge is 2.07. The number of nitrogens with one attached hydrogen (secondary N) is 1. The number of amides is 1. The van der Waals surface area contributed by atoms with Crippen LogP contribution in [-0.4, -0.2) is 20.6 Å². The summed E-state index contributed by atoms with van der Waals surface area (Å²) in [6.07, 6.45) is 1.55. The Balaban J connectivity index is 1.89. The lowest BCUT2D eigenvalue weighted by atomic mass is 10.2. The van der Waals surface area contributed by atoms with Crippen LogP contribution in [-0.2, 0) is 27.6 Å². The summed E-state index contributed by atoms with van der Waals surface area (Å²) < 4.78 is 22.6. The van der Waals surface area contributed by atoms with E-state index in [1.165, 1.54) is 6.26 Å². The Morgan fingerprint density at radius 1 is 1.20 bits per heavy atom. The second-order valence-electron chi connectivity index (χ2n) is 4.45. The minimum Gasteiger partial charge on any atom is -0.352 e. The lowest BCUT2D eigenvalue weighted by molar-refractivity contribution is -0.120. The molecule has 6 heteroatoms. The first-order chi connectivity index (χ1) is 9.45. The lowest BCUT2D eigenvalue weighted by Crippen LogP contribution is -2.24. The van der Waals surface area contributed by atoms with Crippen LogP contribution in [0, 0.1) is 0 Å². The van der Waals surface area contributed by atoms with Gasteiger partial charge in [-0.2, -0.15) is 0 Å². The molecule has 1 N–H and O–H groups in total. The largest absolute Gasteiger partial charge is 0.352 e. The van der Waals surface area contributed by atoms with Gasteiger partial charge in [-0.05, 0) is 29.1 Å². The molecule has 4 nitrogen and oxygen atoms in total. The zero-order valence-corrected chi connectivity index (χ0v) is 12.6. The van der Waals surface area contributed by atoms with Gasteiger partial charge >= 0.3 is 0 Å². The van der Waals surface area contributed by atoms with Gasteiger partial charge in [0.15, 0.2) is 9.84 Å². The van der Waals surface area contributed by atoms with E-state index in [0.29, 0.717) is 13.0 Å². The molecule has 0 atom stereocenters. The minimum absolute atomic E-state index is 0.0420. The monoisotopic (exact) mass is 309 g/mol. The molecule has 0 unspecified atom stereocenters.